The van der Waals surface area contributed by atoms with Crippen LogP contribution < -0.4 is 10.6 Å². The van der Waals surface area contributed by atoms with Crippen LogP contribution in [0.1, 0.15) is 32.8 Å². The molecule has 0 radical (unpaired) electrons. The lowest BCUT2D eigenvalue weighted by molar-refractivity contribution is 0.0507. The van der Waals surface area contributed by atoms with E-state index in [1.54, 1.807) is 13.1 Å². The van der Waals surface area contributed by atoms with Crippen molar-refractivity contribution in [3.8, 4) is 0 Å². The van der Waals surface area contributed by atoms with E-state index in [4.69, 9.17) is 4.74 Å². The summed E-state index contributed by atoms with van der Waals surface area (Å²) in [6.45, 7) is 7.76. The van der Waals surface area contributed by atoms with Crippen molar-refractivity contribution < 1.29 is 13.9 Å². The molecule has 1 unspecified atom stereocenters. The maximum Gasteiger partial charge on any atom is 0.407 e. The number of halogens is 2. The number of aromatic amines is 1. The first-order valence-corrected chi connectivity index (χ1v) is 9.96. The minimum absolute atomic E-state index is 0. The topological polar surface area (TPSA) is 81.8 Å². The van der Waals surface area contributed by atoms with Gasteiger partial charge in [0, 0.05) is 43.8 Å². The Morgan fingerprint density at radius 3 is 2.87 bits per heavy atom. The molecule has 1 fully saturated rings. The van der Waals surface area contributed by atoms with Crippen LogP contribution in [0.5, 0.6) is 0 Å². The third-order valence-electron chi connectivity index (χ3n) is 4.83. The second-order valence-corrected chi connectivity index (χ2v) is 8.31. The van der Waals surface area contributed by atoms with Crippen LogP contribution in [0.2, 0.25) is 0 Å². The number of benzene rings is 1. The summed E-state index contributed by atoms with van der Waals surface area (Å²) in [5.74, 6) is 0.567. The number of nitrogens with one attached hydrogen (secondary N) is 3. The maximum absolute atomic E-state index is 13.3. The van der Waals surface area contributed by atoms with E-state index >= 15 is 0 Å². The molecule has 3 N–H and O–H groups in total. The van der Waals surface area contributed by atoms with Gasteiger partial charge in [-0.3, -0.25) is 4.99 Å². The number of nitrogens with zero attached hydrogens (tertiary/aromatic N) is 2. The quantitative estimate of drug-likeness (QED) is 0.320. The molecular weight excluding hydrogens is 500 g/mol. The van der Waals surface area contributed by atoms with Gasteiger partial charge in [0.2, 0.25) is 0 Å². The zero-order valence-corrected chi connectivity index (χ0v) is 20.2. The van der Waals surface area contributed by atoms with Crippen LogP contribution in [0.15, 0.2) is 29.4 Å². The summed E-state index contributed by atoms with van der Waals surface area (Å²) in [7, 11) is 1.76. The van der Waals surface area contributed by atoms with Gasteiger partial charge < -0.3 is 25.3 Å². The molecule has 9 heteroatoms. The van der Waals surface area contributed by atoms with Crippen LogP contribution in [0.4, 0.5) is 9.18 Å². The number of alkyl carbamates (subject to hydrolysis) is 1. The normalized spacial score (nSPS) is 17.0. The van der Waals surface area contributed by atoms with E-state index < -0.39 is 5.60 Å². The molecule has 166 valence electrons. The van der Waals surface area contributed by atoms with Crippen molar-refractivity contribution in [3.63, 3.8) is 0 Å². The van der Waals surface area contributed by atoms with Gasteiger partial charge in [-0.2, -0.15) is 0 Å². The average Bonchev–Trinajstić information content (AvgIpc) is 3.24. The number of hydrogen-bond acceptors (Lipinski definition) is 3. The van der Waals surface area contributed by atoms with Crippen LogP contribution in [0.3, 0.4) is 0 Å². The Morgan fingerprint density at radius 2 is 2.17 bits per heavy atom. The number of guanidine groups is 1. The number of carbonyl (C=O) groups is 1. The van der Waals surface area contributed by atoms with E-state index in [9.17, 15) is 9.18 Å². The van der Waals surface area contributed by atoms with Gasteiger partial charge in [0.25, 0.3) is 0 Å². The molecule has 1 aromatic heterocycles. The Balaban J connectivity index is 0.00000320. The number of aliphatic imine (C=N–C) groups is 1. The molecule has 0 saturated carbocycles. The van der Waals surface area contributed by atoms with Crippen LogP contribution in [0, 0.1) is 5.82 Å². The van der Waals surface area contributed by atoms with Crippen LogP contribution >= 0.6 is 24.0 Å². The Kier molecular flexibility index (Phi) is 8.34. The fourth-order valence-electron chi connectivity index (χ4n) is 3.55. The molecule has 1 saturated heterocycles. The molecular formula is C21H31FIN5O2. The van der Waals surface area contributed by atoms with Crippen LogP contribution in [-0.2, 0) is 11.2 Å². The van der Waals surface area contributed by atoms with Crippen molar-refractivity contribution in [1.82, 2.24) is 20.5 Å². The first-order valence-electron chi connectivity index (χ1n) is 9.96. The summed E-state index contributed by atoms with van der Waals surface area (Å²) in [6, 6.07) is 4.83. The summed E-state index contributed by atoms with van der Waals surface area (Å²) in [4.78, 5) is 21.6. The Morgan fingerprint density at radius 1 is 1.40 bits per heavy atom. The Hall–Kier alpha value is -2.04. The lowest BCUT2D eigenvalue weighted by atomic mass is 10.1. The van der Waals surface area contributed by atoms with E-state index in [1.165, 1.54) is 12.1 Å². The summed E-state index contributed by atoms with van der Waals surface area (Å²) >= 11 is 0. The smallest absolute Gasteiger partial charge is 0.407 e. The van der Waals surface area contributed by atoms with Gasteiger partial charge in [-0.15, -0.1) is 24.0 Å². The second-order valence-electron chi connectivity index (χ2n) is 8.31. The fraction of sp³-hybridized carbons (Fsp3) is 0.524. The van der Waals surface area contributed by atoms with E-state index in [1.807, 2.05) is 27.0 Å². The summed E-state index contributed by atoms with van der Waals surface area (Å²) in [6.07, 6.45) is 3.17. The molecule has 1 aromatic carbocycles. The molecule has 1 aliphatic heterocycles. The van der Waals surface area contributed by atoms with Crippen molar-refractivity contribution in [2.24, 2.45) is 4.99 Å². The lowest BCUT2D eigenvalue weighted by Crippen LogP contribution is -2.44. The van der Waals surface area contributed by atoms with Gasteiger partial charge in [0.1, 0.15) is 11.4 Å². The Labute approximate surface area is 193 Å². The zero-order valence-electron chi connectivity index (χ0n) is 17.9. The lowest BCUT2D eigenvalue weighted by Gasteiger charge is -2.23. The predicted octanol–water partition coefficient (Wildman–Crippen LogP) is 3.64. The monoisotopic (exact) mass is 531 g/mol. The SMILES string of the molecule is CN=C(NCCc1c[nH]c2cc(F)ccc12)N1CCC(NC(=O)OC(C)(C)C)C1.I. The largest absolute Gasteiger partial charge is 0.444 e. The van der Waals surface area contributed by atoms with E-state index in [0.717, 1.165) is 41.8 Å². The van der Waals surface area contributed by atoms with Crippen molar-refractivity contribution in [3.05, 3.63) is 35.8 Å². The molecule has 2 aromatic rings. The second kappa shape index (κ2) is 10.3. The Bertz CT molecular complexity index is 893. The number of H-pyrrole nitrogens is 1. The fourth-order valence-corrected chi connectivity index (χ4v) is 3.55. The highest BCUT2D eigenvalue weighted by Gasteiger charge is 2.27. The molecule has 2 heterocycles. The number of rotatable bonds is 4. The number of likely N-dealkylation sites (tertiary alicyclic amines) is 1. The highest BCUT2D eigenvalue weighted by Crippen LogP contribution is 2.19. The number of carbonyl (C=O) groups excluding carboxylic acids is 1. The van der Waals surface area contributed by atoms with Crippen molar-refractivity contribution >= 4 is 46.9 Å². The molecule has 7 nitrogen and oxygen atoms in total. The predicted molar refractivity (Wildman–Crippen MR) is 128 cm³/mol. The van der Waals surface area contributed by atoms with E-state index in [2.05, 4.69) is 25.5 Å². The highest BCUT2D eigenvalue weighted by molar-refractivity contribution is 14.0. The minimum atomic E-state index is -0.506. The van der Waals surface area contributed by atoms with Gasteiger partial charge in [-0.05, 0) is 57.4 Å². The number of aromatic nitrogens is 1. The van der Waals surface area contributed by atoms with Crippen molar-refractivity contribution in [1.29, 1.82) is 0 Å². The number of fused-ring (bicyclic) bond motifs is 1. The summed E-state index contributed by atoms with van der Waals surface area (Å²) < 4.78 is 18.7. The standard InChI is InChI=1S/C21H30FN5O2.HI/c1-21(2,3)29-20(28)26-16-8-10-27(13-16)19(23-4)24-9-7-14-12-25-18-11-15(22)5-6-17(14)18;/h5-6,11-12,16,25H,7-10,13H2,1-4H3,(H,23,24)(H,26,28);1H. The molecule has 3 rings (SSSR count). The van der Waals surface area contributed by atoms with E-state index in [0.29, 0.717) is 13.1 Å². The van der Waals surface area contributed by atoms with Crippen molar-refractivity contribution in [2.45, 2.75) is 45.3 Å². The van der Waals surface area contributed by atoms with Crippen LogP contribution in [0.25, 0.3) is 10.9 Å². The van der Waals surface area contributed by atoms with Gasteiger partial charge in [0.15, 0.2) is 5.96 Å². The van der Waals surface area contributed by atoms with E-state index in [-0.39, 0.29) is 41.9 Å². The van der Waals surface area contributed by atoms with Crippen molar-refractivity contribution in [2.75, 3.05) is 26.7 Å². The third kappa shape index (κ3) is 6.48. The first-order chi connectivity index (χ1) is 13.7. The summed E-state index contributed by atoms with van der Waals surface area (Å²) in [5, 5.41) is 7.34. The molecule has 1 aliphatic rings. The first kappa shape index (κ1) is 24.2. The summed E-state index contributed by atoms with van der Waals surface area (Å²) in [5.41, 5.74) is 1.43. The molecule has 0 spiro atoms. The molecule has 30 heavy (non-hydrogen) atoms. The van der Waals surface area contributed by atoms with Gasteiger partial charge in [-0.1, -0.05) is 0 Å². The molecule has 1 amide bonds. The molecule has 1 atom stereocenters. The zero-order chi connectivity index (χ0) is 21.0. The maximum atomic E-state index is 13.3. The minimum Gasteiger partial charge on any atom is -0.444 e. The third-order valence-corrected chi connectivity index (χ3v) is 4.83. The number of amides is 1. The molecule has 0 bridgehead atoms. The number of ether oxygens (including phenoxy) is 1. The van der Waals surface area contributed by atoms with Crippen LogP contribution in [-0.4, -0.2) is 60.3 Å². The van der Waals surface area contributed by atoms with Gasteiger partial charge in [-0.25, -0.2) is 9.18 Å². The molecule has 0 aliphatic carbocycles. The number of hydrogen-bond donors (Lipinski definition) is 3. The average molecular weight is 531 g/mol. The van der Waals surface area contributed by atoms with Gasteiger partial charge >= 0.3 is 6.09 Å². The van der Waals surface area contributed by atoms with Gasteiger partial charge in [0.05, 0.1) is 6.04 Å². The highest BCUT2D eigenvalue weighted by atomic mass is 127.